The number of hydrogen-bond donors (Lipinski definition) is 3. The molecule has 4 heterocycles. The van der Waals surface area contributed by atoms with Gasteiger partial charge in [0.15, 0.2) is 11.5 Å². The van der Waals surface area contributed by atoms with Gasteiger partial charge < -0.3 is 15.5 Å². The number of imidazole rings is 1. The number of benzene rings is 1. The Morgan fingerprint density at radius 3 is 2.86 bits per heavy atom. The topological polar surface area (TPSA) is 118 Å². The molecule has 0 aliphatic rings. The summed E-state index contributed by atoms with van der Waals surface area (Å²) in [6.07, 6.45) is 5.38. The average Bonchev–Trinajstić information content (AvgIpc) is 3.38. The number of rotatable bonds is 5. The molecule has 29 heavy (non-hydrogen) atoms. The van der Waals surface area contributed by atoms with Crippen molar-refractivity contribution in [2.24, 2.45) is 5.73 Å². The van der Waals surface area contributed by atoms with Crippen molar-refractivity contribution in [1.82, 2.24) is 30.1 Å². The number of nitrogens with two attached hydrogens (primary N) is 1. The van der Waals surface area contributed by atoms with Gasteiger partial charge in [-0.1, -0.05) is 12.1 Å². The minimum atomic E-state index is 0.441. The minimum Gasteiger partial charge on any atom is -0.380 e. The van der Waals surface area contributed by atoms with E-state index in [1.165, 1.54) is 0 Å². The molecule has 0 fully saturated rings. The second kappa shape index (κ2) is 7.08. The Morgan fingerprint density at radius 1 is 1.10 bits per heavy atom. The number of para-hydroxylation sites is 1. The molecule has 4 N–H and O–H groups in total. The van der Waals surface area contributed by atoms with Crippen LogP contribution in [0.25, 0.3) is 44.7 Å². The molecule has 0 amide bonds. The molecule has 0 radical (unpaired) electrons. The maximum atomic E-state index is 5.75. The molecule has 0 bridgehead atoms. The van der Waals surface area contributed by atoms with E-state index in [4.69, 9.17) is 15.5 Å². The van der Waals surface area contributed by atoms with Crippen molar-refractivity contribution in [2.75, 3.05) is 7.11 Å². The number of aromatic amines is 2. The molecule has 8 nitrogen and oxygen atoms in total. The van der Waals surface area contributed by atoms with E-state index in [2.05, 4.69) is 25.1 Å². The molecular formula is C21H19N7O. The van der Waals surface area contributed by atoms with Crippen LogP contribution >= 0.6 is 0 Å². The molecule has 5 aromatic rings. The molecule has 0 saturated carbocycles. The molecule has 0 aliphatic carbocycles. The van der Waals surface area contributed by atoms with Gasteiger partial charge in [-0.3, -0.25) is 10.1 Å². The van der Waals surface area contributed by atoms with Gasteiger partial charge >= 0.3 is 0 Å². The van der Waals surface area contributed by atoms with Crippen LogP contribution in [0.4, 0.5) is 0 Å². The standard InChI is InChI=1S/C21H19N7O/c1-29-11-13-3-2-4-17-18(13)26-21(25-17)19-16-6-15(10-24-20(16)28-27-19)14-5-12(7-22)8-23-9-14/h2-6,8-10H,7,11,22H2,1H3,(H,25,26)(H,24,27,28). The Bertz CT molecular complexity index is 1320. The Hall–Kier alpha value is -3.62. The highest BCUT2D eigenvalue weighted by Gasteiger charge is 2.16. The summed E-state index contributed by atoms with van der Waals surface area (Å²) in [5.41, 5.74) is 12.9. The largest absolute Gasteiger partial charge is 0.380 e. The molecular weight excluding hydrogens is 366 g/mol. The lowest BCUT2D eigenvalue weighted by atomic mass is 10.1. The van der Waals surface area contributed by atoms with Gasteiger partial charge in [0.2, 0.25) is 0 Å². The number of fused-ring (bicyclic) bond motifs is 2. The zero-order chi connectivity index (χ0) is 19.8. The molecule has 5 rings (SSSR count). The van der Waals surface area contributed by atoms with Crippen LogP contribution < -0.4 is 5.73 Å². The van der Waals surface area contributed by atoms with Crippen molar-refractivity contribution in [3.63, 3.8) is 0 Å². The maximum Gasteiger partial charge on any atom is 0.159 e. The number of aromatic nitrogens is 6. The number of nitrogens with zero attached hydrogens (tertiary/aromatic N) is 4. The predicted molar refractivity (Wildman–Crippen MR) is 111 cm³/mol. The Labute approximate surface area is 166 Å². The molecule has 144 valence electrons. The lowest BCUT2D eigenvalue weighted by Gasteiger charge is -2.03. The third-order valence-electron chi connectivity index (χ3n) is 4.90. The molecule has 4 aromatic heterocycles. The molecule has 0 spiro atoms. The van der Waals surface area contributed by atoms with E-state index in [1.54, 1.807) is 25.7 Å². The highest BCUT2D eigenvalue weighted by molar-refractivity contribution is 5.93. The van der Waals surface area contributed by atoms with Crippen molar-refractivity contribution < 1.29 is 4.74 Å². The summed E-state index contributed by atoms with van der Waals surface area (Å²) >= 11 is 0. The van der Waals surface area contributed by atoms with Gasteiger partial charge in [0, 0.05) is 48.9 Å². The fourth-order valence-corrected chi connectivity index (χ4v) is 3.47. The van der Waals surface area contributed by atoms with Gasteiger partial charge in [0.05, 0.1) is 23.0 Å². The van der Waals surface area contributed by atoms with E-state index in [0.717, 1.165) is 44.4 Å². The fraction of sp³-hybridized carbons (Fsp3) is 0.143. The molecule has 0 aliphatic heterocycles. The van der Waals surface area contributed by atoms with E-state index < -0.39 is 0 Å². The van der Waals surface area contributed by atoms with E-state index in [0.29, 0.717) is 24.6 Å². The van der Waals surface area contributed by atoms with Gasteiger partial charge in [-0.15, -0.1) is 0 Å². The minimum absolute atomic E-state index is 0.441. The third-order valence-corrected chi connectivity index (χ3v) is 4.90. The quantitative estimate of drug-likeness (QED) is 0.428. The normalized spacial score (nSPS) is 11.5. The average molecular weight is 385 g/mol. The predicted octanol–water partition coefficient (Wildman–Crippen LogP) is 3.17. The van der Waals surface area contributed by atoms with Crippen LogP contribution in [-0.4, -0.2) is 37.2 Å². The van der Waals surface area contributed by atoms with E-state index in [-0.39, 0.29) is 0 Å². The lowest BCUT2D eigenvalue weighted by molar-refractivity contribution is 0.186. The number of H-pyrrole nitrogens is 2. The molecule has 0 unspecified atom stereocenters. The van der Waals surface area contributed by atoms with Crippen molar-refractivity contribution in [3.05, 3.63) is 60.0 Å². The van der Waals surface area contributed by atoms with Gasteiger partial charge in [-0.2, -0.15) is 5.10 Å². The van der Waals surface area contributed by atoms with Crippen molar-refractivity contribution in [3.8, 4) is 22.6 Å². The van der Waals surface area contributed by atoms with Gasteiger partial charge in [0.25, 0.3) is 0 Å². The van der Waals surface area contributed by atoms with Gasteiger partial charge in [-0.25, -0.2) is 9.97 Å². The first-order chi connectivity index (χ1) is 14.3. The first-order valence-electron chi connectivity index (χ1n) is 9.22. The second-order valence-corrected chi connectivity index (χ2v) is 6.81. The number of ether oxygens (including phenoxy) is 1. The number of nitrogens with one attached hydrogen (secondary N) is 2. The van der Waals surface area contributed by atoms with Crippen LogP contribution in [0.2, 0.25) is 0 Å². The van der Waals surface area contributed by atoms with Crippen LogP contribution in [0.15, 0.2) is 48.9 Å². The lowest BCUT2D eigenvalue weighted by Crippen LogP contribution is -1.97. The van der Waals surface area contributed by atoms with Crippen molar-refractivity contribution in [1.29, 1.82) is 0 Å². The highest BCUT2D eigenvalue weighted by atomic mass is 16.5. The number of pyridine rings is 2. The Kier molecular flexibility index (Phi) is 4.27. The summed E-state index contributed by atoms with van der Waals surface area (Å²) in [7, 11) is 1.68. The van der Waals surface area contributed by atoms with E-state index in [9.17, 15) is 0 Å². The summed E-state index contributed by atoms with van der Waals surface area (Å²) in [5.74, 6) is 0.683. The third kappa shape index (κ3) is 3.04. The molecule has 0 atom stereocenters. The number of methoxy groups -OCH3 is 1. The molecule has 0 saturated heterocycles. The Morgan fingerprint density at radius 2 is 2.00 bits per heavy atom. The zero-order valence-corrected chi connectivity index (χ0v) is 15.8. The first kappa shape index (κ1) is 17.5. The van der Waals surface area contributed by atoms with Crippen LogP contribution in [0.5, 0.6) is 0 Å². The summed E-state index contributed by atoms with van der Waals surface area (Å²) in [5, 5.41) is 8.33. The Balaban J connectivity index is 1.64. The zero-order valence-electron chi connectivity index (χ0n) is 15.8. The van der Waals surface area contributed by atoms with Gasteiger partial charge in [-0.05, 0) is 23.8 Å². The molecule has 8 heteroatoms. The van der Waals surface area contributed by atoms with Crippen molar-refractivity contribution >= 4 is 22.1 Å². The van der Waals surface area contributed by atoms with E-state index in [1.807, 2.05) is 30.3 Å². The summed E-state index contributed by atoms with van der Waals surface area (Å²) in [4.78, 5) is 16.9. The van der Waals surface area contributed by atoms with Crippen LogP contribution in [0, 0.1) is 0 Å². The van der Waals surface area contributed by atoms with Crippen LogP contribution in [0.3, 0.4) is 0 Å². The number of hydrogen-bond acceptors (Lipinski definition) is 6. The smallest absolute Gasteiger partial charge is 0.159 e. The fourth-order valence-electron chi connectivity index (χ4n) is 3.47. The summed E-state index contributed by atoms with van der Waals surface area (Å²) in [6, 6.07) is 10.1. The highest BCUT2D eigenvalue weighted by Crippen LogP contribution is 2.29. The molecule has 1 aromatic carbocycles. The van der Waals surface area contributed by atoms with Gasteiger partial charge in [0.1, 0.15) is 5.69 Å². The maximum absolute atomic E-state index is 5.75. The summed E-state index contributed by atoms with van der Waals surface area (Å²) in [6.45, 7) is 0.940. The first-order valence-corrected chi connectivity index (χ1v) is 9.22. The van der Waals surface area contributed by atoms with Crippen LogP contribution in [0.1, 0.15) is 11.1 Å². The monoisotopic (exact) mass is 385 g/mol. The van der Waals surface area contributed by atoms with Crippen LogP contribution in [-0.2, 0) is 17.9 Å². The SMILES string of the molecule is COCc1cccc2[nH]c(-c3n[nH]c4ncc(-c5cncc(CN)c5)cc34)nc12. The van der Waals surface area contributed by atoms with E-state index >= 15 is 0 Å². The second-order valence-electron chi connectivity index (χ2n) is 6.81. The summed E-state index contributed by atoms with van der Waals surface area (Å²) < 4.78 is 5.29. The van der Waals surface area contributed by atoms with Crippen molar-refractivity contribution in [2.45, 2.75) is 13.2 Å².